The van der Waals surface area contributed by atoms with Crippen molar-refractivity contribution in [1.82, 2.24) is 10.1 Å². The summed E-state index contributed by atoms with van der Waals surface area (Å²) in [5.41, 5.74) is 1.74. The van der Waals surface area contributed by atoms with Gasteiger partial charge in [-0.1, -0.05) is 35.8 Å². The Labute approximate surface area is 163 Å². The van der Waals surface area contributed by atoms with E-state index in [1.54, 1.807) is 24.1 Å². The molecule has 2 aromatic rings. The molecule has 1 heterocycles. The van der Waals surface area contributed by atoms with Crippen molar-refractivity contribution >= 4 is 28.8 Å². The van der Waals surface area contributed by atoms with Crippen LogP contribution in [0.1, 0.15) is 37.9 Å². The number of hydrogen-bond acceptors (Lipinski definition) is 5. The average molecular weight is 388 g/mol. The van der Waals surface area contributed by atoms with Crippen LogP contribution in [0.4, 0.5) is 5.69 Å². The number of nitrogens with zero attached hydrogens (tertiary/aromatic N) is 3. The fraction of sp³-hybridized carbons (Fsp3) is 0.350. The van der Waals surface area contributed by atoms with E-state index in [0.717, 1.165) is 36.3 Å². The summed E-state index contributed by atoms with van der Waals surface area (Å²) < 4.78 is 10.5. The molecule has 0 aliphatic heterocycles. The maximum atomic E-state index is 12.8. The van der Waals surface area contributed by atoms with E-state index in [4.69, 9.17) is 20.9 Å². The van der Waals surface area contributed by atoms with Crippen molar-refractivity contribution in [2.75, 3.05) is 18.6 Å². The number of carbonyl (C=O) groups excluding carboxylic acids is 1. The lowest BCUT2D eigenvalue weighted by atomic mass is 10.0. The van der Waals surface area contributed by atoms with Crippen LogP contribution in [-0.2, 0) is 16.0 Å². The van der Waals surface area contributed by atoms with E-state index >= 15 is 0 Å². The van der Waals surface area contributed by atoms with E-state index in [1.165, 1.54) is 0 Å². The normalized spacial score (nSPS) is 13.7. The number of benzene rings is 1. The molecular weight excluding hydrogens is 366 g/mol. The first-order valence-electron chi connectivity index (χ1n) is 8.93. The molecule has 3 rings (SSSR count). The van der Waals surface area contributed by atoms with Gasteiger partial charge < -0.3 is 14.2 Å². The third-order valence-electron chi connectivity index (χ3n) is 4.30. The number of anilines is 1. The number of rotatable bonds is 7. The number of allylic oxidation sites excluding steroid dienone is 4. The maximum Gasteiger partial charge on any atom is 0.236 e. The van der Waals surface area contributed by atoms with Crippen LogP contribution >= 0.6 is 11.6 Å². The molecule has 7 heteroatoms. The smallest absolute Gasteiger partial charge is 0.236 e. The molecule has 0 spiro atoms. The molecule has 1 aliphatic carbocycles. The molecule has 0 unspecified atom stereocenters. The van der Waals surface area contributed by atoms with Gasteiger partial charge in [0.2, 0.25) is 11.8 Å². The van der Waals surface area contributed by atoms with Crippen molar-refractivity contribution in [2.24, 2.45) is 0 Å². The van der Waals surface area contributed by atoms with Gasteiger partial charge >= 0.3 is 0 Å². The second-order valence-electron chi connectivity index (χ2n) is 6.24. The Morgan fingerprint density at radius 2 is 2.19 bits per heavy atom. The summed E-state index contributed by atoms with van der Waals surface area (Å²) >= 11 is 6.07. The van der Waals surface area contributed by atoms with Crippen molar-refractivity contribution < 1.29 is 14.1 Å². The van der Waals surface area contributed by atoms with Crippen molar-refractivity contribution in [3.05, 3.63) is 58.9 Å². The topological polar surface area (TPSA) is 68.5 Å². The Bertz CT molecular complexity index is 873. The summed E-state index contributed by atoms with van der Waals surface area (Å²) in [7, 11) is 1.66. The zero-order chi connectivity index (χ0) is 19.2. The molecule has 1 amide bonds. The molecule has 0 radical (unpaired) electrons. The van der Waals surface area contributed by atoms with Gasteiger partial charge in [-0.25, -0.2) is 0 Å². The van der Waals surface area contributed by atoms with E-state index in [1.807, 2.05) is 31.2 Å². The number of methoxy groups -OCH3 is 1. The third kappa shape index (κ3) is 4.77. The van der Waals surface area contributed by atoms with Crippen molar-refractivity contribution in [1.29, 1.82) is 0 Å². The van der Waals surface area contributed by atoms with Gasteiger partial charge in [-0.15, -0.1) is 0 Å². The van der Waals surface area contributed by atoms with Crippen molar-refractivity contribution in [2.45, 2.75) is 32.6 Å². The van der Waals surface area contributed by atoms with Gasteiger partial charge in [-0.05, 0) is 37.1 Å². The molecule has 6 nitrogen and oxygen atoms in total. The SMILES string of the molecule is CCCN(C(=O)Cc1nc(C2=CC=C(OC)CC2)no1)c1cccc(Cl)c1. The summed E-state index contributed by atoms with van der Waals surface area (Å²) in [6, 6.07) is 7.26. The molecule has 0 saturated carbocycles. The molecular formula is C20H22ClN3O3. The molecule has 27 heavy (non-hydrogen) atoms. The summed E-state index contributed by atoms with van der Waals surface area (Å²) in [6.07, 6.45) is 6.28. The minimum atomic E-state index is -0.103. The molecule has 0 bridgehead atoms. The molecule has 0 fully saturated rings. The molecule has 1 aliphatic rings. The van der Waals surface area contributed by atoms with Gasteiger partial charge in [0, 0.05) is 29.2 Å². The Morgan fingerprint density at radius 1 is 1.33 bits per heavy atom. The van der Waals surface area contributed by atoms with Crippen LogP contribution in [0, 0.1) is 0 Å². The predicted octanol–water partition coefficient (Wildman–Crippen LogP) is 4.42. The number of amides is 1. The van der Waals surface area contributed by atoms with Crippen molar-refractivity contribution in [3.8, 4) is 0 Å². The summed E-state index contributed by atoms with van der Waals surface area (Å²) in [4.78, 5) is 18.9. The summed E-state index contributed by atoms with van der Waals surface area (Å²) in [5.74, 6) is 1.65. The maximum absolute atomic E-state index is 12.8. The van der Waals surface area contributed by atoms with Crippen LogP contribution in [0.5, 0.6) is 0 Å². The highest BCUT2D eigenvalue weighted by Gasteiger charge is 2.20. The third-order valence-corrected chi connectivity index (χ3v) is 4.53. The molecule has 1 aromatic heterocycles. The molecule has 0 atom stereocenters. The Hall–Kier alpha value is -2.60. The van der Waals surface area contributed by atoms with Gasteiger partial charge in [0.05, 0.1) is 12.9 Å². The monoisotopic (exact) mass is 387 g/mol. The van der Waals surface area contributed by atoms with Crippen molar-refractivity contribution in [3.63, 3.8) is 0 Å². The fourth-order valence-corrected chi connectivity index (χ4v) is 3.11. The van der Waals surface area contributed by atoms with Gasteiger partial charge in [-0.2, -0.15) is 4.98 Å². The number of aromatic nitrogens is 2. The number of carbonyl (C=O) groups is 1. The summed E-state index contributed by atoms with van der Waals surface area (Å²) in [6.45, 7) is 2.61. The van der Waals surface area contributed by atoms with Gasteiger partial charge in [0.25, 0.3) is 0 Å². The Morgan fingerprint density at radius 3 is 2.85 bits per heavy atom. The van der Waals surface area contributed by atoms with Gasteiger partial charge in [-0.3, -0.25) is 4.79 Å². The van der Waals surface area contributed by atoms with Crippen LogP contribution in [0.3, 0.4) is 0 Å². The van der Waals surface area contributed by atoms with Crippen LogP contribution < -0.4 is 4.90 Å². The van der Waals surface area contributed by atoms with E-state index in [0.29, 0.717) is 23.3 Å². The lowest BCUT2D eigenvalue weighted by molar-refractivity contribution is -0.118. The lowest BCUT2D eigenvalue weighted by Crippen LogP contribution is -2.33. The minimum Gasteiger partial charge on any atom is -0.501 e. The predicted molar refractivity (Wildman–Crippen MR) is 104 cm³/mol. The minimum absolute atomic E-state index is 0.0476. The highest BCUT2D eigenvalue weighted by molar-refractivity contribution is 6.30. The average Bonchev–Trinajstić information content (AvgIpc) is 3.14. The van der Waals surface area contributed by atoms with Crippen LogP contribution in [0.25, 0.3) is 5.57 Å². The Kier molecular flexibility index (Phi) is 6.29. The molecule has 1 aromatic carbocycles. The molecule has 0 N–H and O–H groups in total. The highest BCUT2D eigenvalue weighted by atomic mass is 35.5. The zero-order valence-electron chi connectivity index (χ0n) is 15.4. The highest BCUT2D eigenvalue weighted by Crippen LogP contribution is 2.25. The first kappa shape index (κ1) is 19.2. The molecule has 142 valence electrons. The van der Waals surface area contributed by atoms with E-state index < -0.39 is 0 Å². The largest absolute Gasteiger partial charge is 0.501 e. The Balaban J connectivity index is 1.73. The van der Waals surface area contributed by atoms with E-state index in [-0.39, 0.29) is 12.3 Å². The molecule has 0 saturated heterocycles. The van der Waals surface area contributed by atoms with Crippen LogP contribution in [0.2, 0.25) is 5.02 Å². The fourth-order valence-electron chi connectivity index (χ4n) is 2.92. The second-order valence-corrected chi connectivity index (χ2v) is 6.68. The van der Waals surface area contributed by atoms with Gasteiger partial charge in [0.1, 0.15) is 6.42 Å². The lowest BCUT2D eigenvalue weighted by Gasteiger charge is -2.21. The van der Waals surface area contributed by atoms with E-state index in [9.17, 15) is 4.79 Å². The first-order valence-corrected chi connectivity index (χ1v) is 9.31. The second kappa shape index (κ2) is 8.86. The van der Waals surface area contributed by atoms with E-state index in [2.05, 4.69) is 10.1 Å². The van der Waals surface area contributed by atoms with Crippen LogP contribution in [-0.4, -0.2) is 29.7 Å². The van der Waals surface area contributed by atoms with Gasteiger partial charge in [0.15, 0.2) is 5.82 Å². The standard InChI is InChI=1S/C20H22ClN3O3/c1-3-11-24(16-6-4-5-15(21)12-16)19(25)13-18-22-20(23-27-18)14-7-9-17(26-2)10-8-14/h4-7,9,12H,3,8,10-11,13H2,1-2H3. The number of hydrogen-bond donors (Lipinski definition) is 0. The quantitative estimate of drug-likeness (QED) is 0.703. The number of halogens is 1. The first-order chi connectivity index (χ1) is 13.1. The number of ether oxygens (including phenoxy) is 1. The zero-order valence-corrected chi connectivity index (χ0v) is 16.2. The summed E-state index contributed by atoms with van der Waals surface area (Å²) in [5, 5.41) is 4.61. The van der Waals surface area contributed by atoms with Crippen LogP contribution in [0.15, 0.2) is 46.7 Å².